The fraction of sp³-hybridized carbons (Fsp3) is 0.810. The van der Waals surface area contributed by atoms with Gasteiger partial charge in [-0.3, -0.25) is 9.48 Å². The van der Waals surface area contributed by atoms with Crippen LogP contribution in [0.4, 0.5) is 0 Å². The van der Waals surface area contributed by atoms with Crippen LogP contribution in [0.15, 0.2) is 0 Å². The monoisotopic (exact) mass is 343 g/mol. The maximum atomic E-state index is 12.9. The second-order valence-corrected chi connectivity index (χ2v) is 9.65. The Bertz CT molecular complexity index is 638. The third-order valence-corrected chi connectivity index (χ3v) is 6.85. The first-order valence-corrected chi connectivity index (χ1v) is 10.2. The van der Waals surface area contributed by atoms with Gasteiger partial charge in [0.1, 0.15) is 0 Å². The molecule has 0 unspecified atom stereocenters. The first-order valence-electron chi connectivity index (χ1n) is 10.2. The highest BCUT2D eigenvalue weighted by atomic mass is 16.1. The first kappa shape index (κ1) is 17.1. The maximum absolute atomic E-state index is 12.9. The summed E-state index contributed by atoms with van der Waals surface area (Å²) in [7, 11) is 0. The Morgan fingerprint density at radius 2 is 1.72 bits per heavy atom. The molecular weight excluding hydrogens is 310 g/mol. The SMILES string of the molecule is Cc1nn(CC(C)C)c(C)c1CC(=O)NC12CC3CC(CC(C3)C1)C2. The summed E-state index contributed by atoms with van der Waals surface area (Å²) in [5.41, 5.74) is 3.41. The lowest BCUT2D eigenvalue weighted by atomic mass is 9.53. The van der Waals surface area contributed by atoms with Crippen LogP contribution in [0.5, 0.6) is 0 Å². The summed E-state index contributed by atoms with van der Waals surface area (Å²) in [5, 5.41) is 8.17. The second-order valence-electron chi connectivity index (χ2n) is 9.65. The maximum Gasteiger partial charge on any atom is 0.224 e. The van der Waals surface area contributed by atoms with E-state index in [1.807, 2.05) is 6.92 Å². The van der Waals surface area contributed by atoms with E-state index in [4.69, 9.17) is 0 Å². The lowest BCUT2D eigenvalue weighted by Crippen LogP contribution is -2.60. The molecule has 138 valence electrons. The van der Waals surface area contributed by atoms with E-state index in [9.17, 15) is 4.79 Å². The Balaban J connectivity index is 1.45. The van der Waals surface area contributed by atoms with Crippen molar-refractivity contribution in [2.75, 3.05) is 0 Å². The summed E-state index contributed by atoms with van der Waals surface area (Å²) in [6.07, 6.45) is 8.37. The Morgan fingerprint density at radius 1 is 1.16 bits per heavy atom. The van der Waals surface area contributed by atoms with Crippen molar-refractivity contribution >= 4 is 5.91 Å². The van der Waals surface area contributed by atoms with Crippen molar-refractivity contribution < 1.29 is 4.79 Å². The van der Waals surface area contributed by atoms with Gasteiger partial charge in [-0.2, -0.15) is 5.10 Å². The van der Waals surface area contributed by atoms with Gasteiger partial charge >= 0.3 is 0 Å². The van der Waals surface area contributed by atoms with Gasteiger partial charge in [0.05, 0.1) is 12.1 Å². The van der Waals surface area contributed by atoms with Crippen molar-refractivity contribution in [2.24, 2.45) is 23.7 Å². The zero-order valence-corrected chi connectivity index (χ0v) is 16.3. The van der Waals surface area contributed by atoms with Gasteiger partial charge in [-0.1, -0.05) is 13.8 Å². The largest absolute Gasteiger partial charge is 0.350 e. The number of rotatable bonds is 5. The molecule has 1 aromatic heterocycles. The minimum absolute atomic E-state index is 0.113. The Hall–Kier alpha value is -1.32. The van der Waals surface area contributed by atoms with E-state index in [0.29, 0.717) is 12.3 Å². The standard InChI is InChI=1S/C21H33N3O/c1-13(2)12-24-15(4)19(14(3)23-24)8-20(25)22-21-9-16-5-17(10-21)7-18(6-16)11-21/h13,16-18H,5-12H2,1-4H3,(H,22,25). The van der Waals surface area contributed by atoms with Gasteiger partial charge in [-0.25, -0.2) is 0 Å². The molecule has 4 aliphatic carbocycles. The van der Waals surface area contributed by atoms with Crippen LogP contribution in [0.1, 0.15) is 69.3 Å². The smallest absolute Gasteiger partial charge is 0.224 e. The molecule has 4 aliphatic rings. The predicted molar refractivity (Wildman–Crippen MR) is 99.3 cm³/mol. The number of hydrogen-bond acceptors (Lipinski definition) is 2. The number of aromatic nitrogens is 2. The molecule has 1 N–H and O–H groups in total. The molecule has 4 bridgehead atoms. The predicted octanol–water partition coefficient (Wildman–Crippen LogP) is 3.78. The highest BCUT2D eigenvalue weighted by Gasteiger charge is 2.51. The summed E-state index contributed by atoms with van der Waals surface area (Å²) in [5.74, 6) is 3.36. The van der Waals surface area contributed by atoms with Crippen molar-refractivity contribution in [3.63, 3.8) is 0 Å². The fourth-order valence-corrected chi connectivity index (χ4v) is 6.28. The lowest BCUT2D eigenvalue weighted by Gasteiger charge is -2.56. The summed E-state index contributed by atoms with van der Waals surface area (Å²) in [6.45, 7) is 9.47. The van der Waals surface area contributed by atoms with Crippen LogP contribution in [-0.4, -0.2) is 21.2 Å². The van der Waals surface area contributed by atoms with Crippen molar-refractivity contribution in [1.29, 1.82) is 0 Å². The molecule has 1 amide bonds. The van der Waals surface area contributed by atoms with Crippen LogP contribution in [0.3, 0.4) is 0 Å². The van der Waals surface area contributed by atoms with E-state index in [-0.39, 0.29) is 11.4 Å². The Labute approximate surface area is 151 Å². The number of nitrogens with zero attached hydrogens (tertiary/aromatic N) is 2. The molecule has 0 aliphatic heterocycles. The van der Waals surface area contributed by atoms with Crippen molar-refractivity contribution in [3.05, 3.63) is 17.0 Å². The third kappa shape index (κ3) is 3.24. The topological polar surface area (TPSA) is 46.9 Å². The minimum Gasteiger partial charge on any atom is -0.350 e. The number of carbonyl (C=O) groups excluding carboxylic acids is 1. The van der Waals surface area contributed by atoms with Crippen LogP contribution in [0.2, 0.25) is 0 Å². The first-order chi connectivity index (χ1) is 11.8. The fourth-order valence-electron chi connectivity index (χ4n) is 6.28. The molecule has 0 spiro atoms. The van der Waals surface area contributed by atoms with Gasteiger partial charge in [0.25, 0.3) is 0 Å². The van der Waals surface area contributed by atoms with Crippen LogP contribution >= 0.6 is 0 Å². The van der Waals surface area contributed by atoms with Gasteiger partial charge < -0.3 is 5.32 Å². The van der Waals surface area contributed by atoms with Crippen LogP contribution in [0, 0.1) is 37.5 Å². The Kier molecular flexibility index (Phi) is 4.20. The molecular formula is C21H33N3O. The van der Waals surface area contributed by atoms with Crippen LogP contribution < -0.4 is 5.32 Å². The summed E-state index contributed by atoms with van der Waals surface area (Å²) >= 11 is 0. The average molecular weight is 344 g/mol. The highest BCUT2D eigenvalue weighted by Crippen LogP contribution is 2.55. The molecule has 0 saturated heterocycles. The van der Waals surface area contributed by atoms with Crippen LogP contribution in [-0.2, 0) is 17.8 Å². The summed E-state index contributed by atoms with van der Waals surface area (Å²) in [6, 6.07) is 0. The normalized spacial score (nSPS) is 33.2. The molecule has 1 heterocycles. The zero-order chi connectivity index (χ0) is 17.8. The van der Waals surface area contributed by atoms with E-state index >= 15 is 0 Å². The molecule has 0 aromatic carbocycles. The summed E-state index contributed by atoms with van der Waals surface area (Å²) in [4.78, 5) is 12.9. The summed E-state index contributed by atoms with van der Waals surface area (Å²) < 4.78 is 2.08. The third-order valence-electron chi connectivity index (χ3n) is 6.85. The van der Waals surface area contributed by atoms with Crippen molar-refractivity contribution in [1.82, 2.24) is 15.1 Å². The number of nitrogens with one attached hydrogen (secondary N) is 1. The second kappa shape index (κ2) is 6.14. The number of aryl methyl sites for hydroxylation is 1. The Morgan fingerprint density at radius 3 is 2.24 bits per heavy atom. The molecule has 5 rings (SSSR count). The van der Waals surface area contributed by atoms with Crippen LogP contribution in [0.25, 0.3) is 0 Å². The van der Waals surface area contributed by atoms with Gasteiger partial charge in [0.15, 0.2) is 0 Å². The van der Waals surface area contributed by atoms with Gasteiger partial charge in [-0.05, 0) is 76.0 Å². The number of hydrogen-bond donors (Lipinski definition) is 1. The molecule has 0 atom stereocenters. The molecule has 4 heteroatoms. The van der Waals surface area contributed by atoms with E-state index in [2.05, 4.69) is 35.9 Å². The lowest BCUT2D eigenvalue weighted by molar-refractivity contribution is -0.126. The van der Waals surface area contributed by atoms with Crippen molar-refractivity contribution in [3.8, 4) is 0 Å². The molecule has 25 heavy (non-hydrogen) atoms. The quantitative estimate of drug-likeness (QED) is 0.884. The van der Waals surface area contributed by atoms with Gasteiger partial charge in [0, 0.05) is 23.3 Å². The number of carbonyl (C=O) groups is 1. The average Bonchev–Trinajstić information content (AvgIpc) is 2.72. The molecule has 0 radical (unpaired) electrons. The van der Waals surface area contributed by atoms with E-state index in [1.165, 1.54) is 38.5 Å². The van der Waals surface area contributed by atoms with Gasteiger partial charge in [-0.15, -0.1) is 0 Å². The molecule has 4 saturated carbocycles. The molecule has 1 aromatic rings. The molecule has 4 nitrogen and oxygen atoms in total. The highest BCUT2D eigenvalue weighted by molar-refractivity contribution is 5.80. The zero-order valence-electron chi connectivity index (χ0n) is 16.3. The van der Waals surface area contributed by atoms with E-state index in [0.717, 1.165) is 41.2 Å². The van der Waals surface area contributed by atoms with Gasteiger partial charge in [0.2, 0.25) is 5.91 Å². The van der Waals surface area contributed by atoms with E-state index in [1.54, 1.807) is 0 Å². The molecule has 4 fully saturated rings. The van der Waals surface area contributed by atoms with E-state index < -0.39 is 0 Å². The van der Waals surface area contributed by atoms with Crippen molar-refractivity contribution in [2.45, 2.75) is 84.7 Å². The number of amides is 1. The minimum atomic E-state index is 0.113.